The molecule has 0 bridgehead atoms. The number of carbonyl (C=O) groups excluding carboxylic acids is 1. The van der Waals surface area contributed by atoms with E-state index in [0.29, 0.717) is 12.4 Å². The van der Waals surface area contributed by atoms with Crippen LogP contribution in [0.5, 0.6) is 0 Å². The third-order valence-corrected chi connectivity index (χ3v) is 3.56. The maximum absolute atomic E-state index is 12.5. The van der Waals surface area contributed by atoms with E-state index in [-0.39, 0.29) is 17.9 Å². The van der Waals surface area contributed by atoms with Crippen molar-refractivity contribution < 1.29 is 9.53 Å². The summed E-state index contributed by atoms with van der Waals surface area (Å²) >= 11 is 0. The molecule has 106 valence electrons. The second-order valence-electron chi connectivity index (χ2n) is 4.88. The highest BCUT2D eigenvalue weighted by atomic mass is 16.5. The van der Waals surface area contributed by atoms with Crippen LogP contribution in [-0.4, -0.2) is 32.5 Å². The van der Waals surface area contributed by atoms with Gasteiger partial charge in [0, 0.05) is 25.9 Å². The predicted molar refractivity (Wildman–Crippen MR) is 71.8 cm³/mol. The number of amides is 1. The van der Waals surface area contributed by atoms with Gasteiger partial charge in [0.15, 0.2) is 0 Å². The van der Waals surface area contributed by atoms with Crippen molar-refractivity contribution >= 4 is 11.7 Å². The van der Waals surface area contributed by atoms with Crippen LogP contribution < -0.4 is 5.32 Å². The zero-order valence-corrected chi connectivity index (χ0v) is 11.2. The fourth-order valence-electron chi connectivity index (χ4n) is 2.50. The van der Waals surface area contributed by atoms with Crippen LogP contribution in [0.25, 0.3) is 0 Å². The van der Waals surface area contributed by atoms with E-state index in [1.807, 2.05) is 6.07 Å². The van der Waals surface area contributed by atoms with Crippen molar-refractivity contribution in [2.45, 2.75) is 18.9 Å². The van der Waals surface area contributed by atoms with E-state index in [9.17, 15) is 4.79 Å². The Morgan fingerprint density at radius 1 is 1.50 bits per heavy atom. The smallest absolute Gasteiger partial charge is 0.231 e. The number of H-pyrrole nitrogens is 1. The number of anilines is 1. The Labute approximate surface area is 116 Å². The van der Waals surface area contributed by atoms with Crippen molar-refractivity contribution in [2.75, 3.05) is 11.9 Å². The minimum absolute atomic E-state index is 0.0482. The Balaban J connectivity index is 1.76. The van der Waals surface area contributed by atoms with Crippen molar-refractivity contribution in [1.82, 2.24) is 20.0 Å². The molecule has 3 rings (SSSR count). The number of hydrogen-bond acceptors (Lipinski definition) is 4. The molecule has 2 aromatic heterocycles. The normalized spacial score (nSPS) is 22.6. The molecule has 20 heavy (non-hydrogen) atoms. The summed E-state index contributed by atoms with van der Waals surface area (Å²) in [6.07, 6.45) is 4.74. The first kappa shape index (κ1) is 12.9. The number of aromatic nitrogens is 4. The summed E-state index contributed by atoms with van der Waals surface area (Å²) in [6.45, 7) is 0.666. The predicted octanol–water partition coefficient (Wildman–Crippen LogP) is 1.25. The molecule has 0 saturated carbocycles. The van der Waals surface area contributed by atoms with Crippen molar-refractivity contribution in [3.05, 3.63) is 30.2 Å². The molecule has 1 fully saturated rings. The molecule has 2 atom stereocenters. The molecule has 0 unspecified atom stereocenters. The number of aromatic amines is 1. The van der Waals surface area contributed by atoms with Crippen molar-refractivity contribution in [3.8, 4) is 0 Å². The van der Waals surface area contributed by atoms with Crippen LogP contribution in [0.1, 0.15) is 24.6 Å². The second-order valence-corrected chi connectivity index (χ2v) is 4.88. The Bertz CT molecular complexity index is 577. The molecule has 1 saturated heterocycles. The van der Waals surface area contributed by atoms with Crippen LogP contribution in [-0.2, 0) is 16.6 Å². The highest BCUT2D eigenvalue weighted by Crippen LogP contribution is 2.33. The fraction of sp³-hybridized carbons (Fsp3) is 0.462. The van der Waals surface area contributed by atoms with Gasteiger partial charge in [0.1, 0.15) is 11.9 Å². The lowest BCUT2D eigenvalue weighted by Gasteiger charge is -2.29. The summed E-state index contributed by atoms with van der Waals surface area (Å²) in [7, 11) is 1.79. The molecular formula is C13H17N5O2. The van der Waals surface area contributed by atoms with Crippen LogP contribution in [0.3, 0.4) is 0 Å². The number of carbonyl (C=O) groups is 1. The third-order valence-electron chi connectivity index (χ3n) is 3.56. The van der Waals surface area contributed by atoms with Gasteiger partial charge in [0.05, 0.1) is 17.8 Å². The molecule has 7 nitrogen and oxygen atoms in total. The summed E-state index contributed by atoms with van der Waals surface area (Å²) in [5.41, 5.74) is 0.842. The first-order valence-electron chi connectivity index (χ1n) is 6.65. The summed E-state index contributed by atoms with van der Waals surface area (Å²) < 4.78 is 7.38. The number of nitrogens with one attached hydrogen (secondary N) is 2. The molecule has 1 aliphatic heterocycles. The van der Waals surface area contributed by atoms with Crippen molar-refractivity contribution in [3.63, 3.8) is 0 Å². The van der Waals surface area contributed by atoms with Crippen LogP contribution in [0.2, 0.25) is 0 Å². The number of rotatable bonds is 3. The van der Waals surface area contributed by atoms with Gasteiger partial charge in [-0.15, -0.1) is 0 Å². The first-order valence-corrected chi connectivity index (χ1v) is 6.65. The Hall–Kier alpha value is -2.15. The highest BCUT2D eigenvalue weighted by Gasteiger charge is 2.34. The fourth-order valence-corrected chi connectivity index (χ4v) is 2.50. The van der Waals surface area contributed by atoms with E-state index < -0.39 is 0 Å². The minimum Gasteiger partial charge on any atom is -0.371 e. The molecule has 0 aliphatic carbocycles. The summed E-state index contributed by atoms with van der Waals surface area (Å²) in [5.74, 6) is 0.413. The maximum atomic E-state index is 12.5. The quantitative estimate of drug-likeness (QED) is 0.883. The monoisotopic (exact) mass is 275 g/mol. The molecule has 0 radical (unpaired) electrons. The average Bonchev–Trinajstić information content (AvgIpc) is 3.11. The zero-order valence-electron chi connectivity index (χ0n) is 11.2. The molecule has 1 amide bonds. The summed E-state index contributed by atoms with van der Waals surface area (Å²) in [5, 5.41) is 13.8. The largest absolute Gasteiger partial charge is 0.371 e. The SMILES string of the molecule is Cn1nccc1NC(=O)[C@@H]1CCCO[C@H]1c1ccn[nH]1. The van der Waals surface area contributed by atoms with E-state index in [1.165, 1.54) is 0 Å². The lowest BCUT2D eigenvalue weighted by Crippen LogP contribution is -2.33. The Morgan fingerprint density at radius 2 is 2.40 bits per heavy atom. The first-order chi connectivity index (χ1) is 9.75. The molecule has 0 spiro atoms. The van der Waals surface area contributed by atoms with Crippen molar-refractivity contribution in [1.29, 1.82) is 0 Å². The van der Waals surface area contributed by atoms with Gasteiger partial charge in [-0.3, -0.25) is 14.6 Å². The molecule has 2 aromatic rings. The van der Waals surface area contributed by atoms with Crippen LogP contribution in [0, 0.1) is 5.92 Å². The van der Waals surface area contributed by atoms with Gasteiger partial charge < -0.3 is 10.1 Å². The molecule has 2 N–H and O–H groups in total. The molecular weight excluding hydrogens is 258 g/mol. The lowest BCUT2D eigenvalue weighted by atomic mass is 9.91. The van der Waals surface area contributed by atoms with E-state index in [4.69, 9.17) is 4.74 Å². The van der Waals surface area contributed by atoms with Gasteiger partial charge >= 0.3 is 0 Å². The van der Waals surface area contributed by atoms with Gasteiger partial charge in [-0.1, -0.05) is 0 Å². The van der Waals surface area contributed by atoms with E-state index in [2.05, 4.69) is 20.6 Å². The van der Waals surface area contributed by atoms with Crippen LogP contribution in [0.15, 0.2) is 24.5 Å². The van der Waals surface area contributed by atoms with Crippen LogP contribution in [0.4, 0.5) is 5.82 Å². The standard InChI is InChI=1S/C13H17N5O2/c1-18-11(5-7-15-18)16-13(19)9-3-2-8-20-12(9)10-4-6-14-17-10/h4-7,9,12H,2-3,8H2,1H3,(H,14,17)(H,16,19)/t9-,12-/m1/s1. The number of hydrogen-bond donors (Lipinski definition) is 2. The third kappa shape index (κ3) is 2.44. The van der Waals surface area contributed by atoms with Gasteiger partial charge in [0.25, 0.3) is 0 Å². The topological polar surface area (TPSA) is 84.8 Å². The summed E-state index contributed by atoms with van der Waals surface area (Å²) in [6, 6.07) is 3.62. The maximum Gasteiger partial charge on any atom is 0.231 e. The molecule has 0 aromatic carbocycles. The number of aryl methyl sites for hydroxylation is 1. The second kappa shape index (κ2) is 5.46. The van der Waals surface area contributed by atoms with Gasteiger partial charge in [-0.25, -0.2) is 0 Å². The van der Waals surface area contributed by atoms with E-state index in [1.54, 1.807) is 30.2 Å². The zero-order chi connectivity index (χ0) is 13.9. The van der Waals surface area contributed by atoms with E-state index >= 15 is 0 Å². The lowest BCUT2D eigenvalue weighted by molar-refractivity contribution is -0.129. The number of ether oxygens (including phenoxy) is 1. The molecule has 1 aliphatic rings. The Kier molecular flexibility index (Phi) is 3.51. The van der Waals surface area contributed by atoms with Crippen molar-refractivity contribution in [2.24, 2.45) is 13.0 Å². The van der Waals surface area contributed by atoms with Gasteiger partial charge in [-0.2, -0.15) is 10.2 Å². The summed E-state index contributed by atoms with van der Waals surface area (Å²) in [4.78, 5) is 12.5. The average molecular weight is 275 g/mol. The minimum atomic E-state index is -0.264. The van der Waals surface area contributed by atoms with E-state index in [0.717, 1.165) is 18.5 Å². The molecule has 7 heteroatoms. The van der Waals surface area contributed by atoms with Crippen LogP contribution >= 0.6 is 0 Å². The number of nitrogens with zero attached hydrogens (tertiary/aromatic N) is 3. The highest BCUT2D eigenvalue weighted by molar-refractivity contribution is 5.92. The van der Waals surface area contributed by atoms with Gasteiger partial charge in [-0.05, 0) is 18.9 Å². The Morgan fingerprint density at radius 3 is 3.10 bits per heavy atom. The van der Waals surface area contributed by atoms with Gasteiger partial charge in [0.2, 0.25) is 5.91 Å². The molecule has 3 heterocycles.